The first kappa shape index (κ1) is 11.9. The Morgan fingerprint density at radius 3 is 2.21 bits per heavy atom. The number of rotatable bonds is 2. The molecule has 0 aromatic rings. The molecule has 0 bridgehead atoms. The highest BCUT2D eigenvalue weighted by Gasteiger charge is 2.42. The van der Waals surface area contributed by atoms with E-state index in [9.17, 15) is 15.3 Å². The SMILES string of the molecule is CCN(C)[C@@H]1OC(C)[C@@H](O)C(O)[C@@H]1O. The van der Waals surface area contributed by atoms with Gasteiger partial charge in [-0.15, -0.1) is 0 Å². The molecule has 1 fully saturated rings. The lowest BCUT2D eigenvalue weighted by molar-refractivity contribution is -0.251. The van der Waals surface area contributed by atoms with Crippen LogP contribution in [0.15, 0.2) is 0 Å². The van der Waals surface area contributed by atoms with E-state index in [1.165, 1.54) is 0 Å². The molecule has 84 valence electrons. The Hall–Kier alpha value is -0.200. The summed E-state index contributed by atoms with van der Waals surface area (Å²) in [5, 5.41) is 28.6. The first-order chi connectivity index (χ1) is 6.49. The molecule has 0 saturated carbocycles. The molecular weight excluding hydrogens is 186 g/mol. The minimum atomic E-state index is -1.14. The molecule has 14 heavy (non-hydrogen) atoms. The van der Waals surface area contributed by atoms with Crippen molar-refractivity contribution in [2.24, 2.45) is 0 Å². The predicted molar refractivity (Wildman–Crippen MR) is 50.7 cm³/mol. The van der Waals surface area contributed by atoms with Crippen LogP contribution in [-0.2, 0) is 4.74 Å². The zero-order valence-corrected chi connectivity index (χ0v) is 8.79. The number of hydrogen-bond donors (Lipinski definition) is 3. The third-order valence-electron chi connectivity index (χ3n) is 2.76. The van der Waals surface area contributed by atoms with Gasteiger partial charge in [0.2, 0.25) is 0 Å². The van der Waals surface area contributed by atoms with E-state index in [0.717, 1.165) is 0 Å². The van der Waals surface area contributed by atoms with Gasteiger partial charge in [0.05, 0.1) is 6.10 Å². The van der Waals surface area contributed by atoms with Crippen LogP contribution in [0.5, 0.6) is 0 Å². The van der Waals surface area contributed by atoms with E-state index >= 15 is 0 Å². The molecule has 5 nitrogen and oxygen atoms in total. The maximum atomic E-state index is 9.65. The van der Waals surface area contributed by atoms with Crippen LogP contribution in [0.25, 0.3) is 0 Å². The van der Waals surface area contributed by atoms with Crippen molar-refractivity contribution in [3.05, 3.63) is 0 Å². The van der Waals surface area contributed by atoms with Gasteiger partial charge < -0.3 is 20.1 Å². The van der Waals surface area contributed by atoms with E-state index in [0.29, 0.717) is 6.54 Å². The number of aliphatic hydroxyl groups excluding tert-OH is 3. The molecule has 5 heteroatoms. The Morgan fingerprint density at radius 2 is 1.71 bits per heavy atom. The lowest BCUT2D eigenvalue weighted by atomic mass is 9.98. The van der Waals surface area contributed by atoms with Gasteiger partial charge in [-0.05, 0) is 20.5 Å². The van der Waals surface area contributed by atoms with Crippen LogP contribution in [0.3, 0.4) is 0 Å². The number of likely N-dealkylation sites (N-methyl/N-ethyl adjacent to an activating group) is 1. The van der Waals surface area contributed by atoms with Crippen LogP contribution in [0, 0.1) is 0 Å². The van der Waals surface area contributed by atoms with Crippen LogP contribution in [0.4, 0.5) is 0 Å². The standard InChI is InChI=1S/C9H19NO4/c1-4-10(3)9-8(13)7(12)6(11)5(2)14-9/h5-9,11-13H,4H2,1-3H3/t5?,6-,7?,8+,9-/m1/s1. The highest BCUT2D eigenvalue weighted by molar-refractivity contribution is 4.89. The van der Waals surface area contributed by atoms with Crippen molar-refractivity contribution in [3.8, 4) is 0 Å². The number of nitrogens with zero attached hydrogens (tertiary/aromatic N) is 1. The molecule has 0 aromatic carbocycles. The van der Waals surface area contributed by atoms with Crippen LogP contribution < -0.4 is 0 Å². The van der Waals surface area contributed by atoms with E-state index < -0.39 is 30.6 Å². The summed E-state index contributed by atoms with van der Waals surface area (Å²) in [6, 6.07) is 0. The van der Waals surface area contributed by atoms with Crippen molar-refractivity contribution in [3.63, 3.8) is 0 Å². The van der Waals surface area contributed by atoms with E-state index in [1.54, 1.807) is 18.9 Å². The van der Waals surface area contributed by atoms with Crippen molar-refractivity contribution in [1.29, 1.82) is 0 Å². The highest BCUT2D eigenvalue weighted by atomic mass is 16.5. The normalized spacial score (nSPS) is 44.4. The van der Waals surface area contributed by atoms with Crippen molar-refractivity contribution >= 4 is 0 Å². The average molecular weight is 205 g/mol. The zero-order chi connectivity index (χ0) is 10.9. The Bertz CT molecular complexity index is 190. The first-order valence-corrected chi connectivity index (χ1v) is 4.89. The van der Waals surface area contributed by atoms with Gasteiger partial charge >= 0.3 is 0 Å². The second-order valence-corrected chi connectivity index (χ2v) is 3.78. The minimum Gasteiger partial charge on any atom is -0.388 e. The summed E-state index contributed by atoms with van der Waals surface area (Å²) in [6.07, 6.45) is -4.24. The van der Waals surface area contributed by atoms with Gasteiger partial charge in [-0.25, -0.2) is 0 Å². The predicted octanol–water partition coefficient (Wildman–Crippen LogP) is -1.23. The van der Waals surface area contributed by atoms with Gasteiger partial charge in [-0.3, -0.25) is 4.90 Å². The molecule has 2 unspecified atom stereocenters. The highest BCUT2D eigenvalue weighted by Crippen LogP contribution is 2.22. The summed E-state index contributed by atoms with van der Waals surface area (Å²) in [4.78, 5) is 1.79. The monoisotopic (exact) mass is 205 g/mol. The van der Waals surface area contributed by atoms with Crippen molar-refractivity contribution < 1.29 is 20.1 Å². The summed E-state index contributed by atoms with van der Waals surface area (Å²) >= 11 is 0. The minimum absolute atomic E-state index is 0.465. The molecule has 0 aromatic heterocycles. The Kier molecular flexibility index (Phi) is 3.86. The number of aliphatic hydroxyl groups is 3. The van der Waals surface area contributed by atoms with E-state index in [1.807, 2.05) is 6.92 Å². The fourth-order valence-corrected chi connectivity index (χ4v) is 1.57. The second-order valence-electron chi connectivity index (χ2n) is 3.78. The molecule has 1 saturated heterocycles. The molecule has 5 atom stereocenters. The molecule has 0 amide bonds. The molecule has 0 aliphatic carbocycles. The van der Waals surface area contributed by atoms with Crippen molar-refractivity contribution in [1.82, 2.24) is 4.90 Å². The topological polar surface area (TPSA) is 73.2 Å². The molecular formula is C9H19NO4. The largest absolute Gasteiger partial charge is 0.388 e. The Balaban J connectivity index is 2.70. The summed E-state index contributed by atoms with van der Waals surface area (Å²) in [5.41, 5.74) is 0. The number of ether oxygens (including phenoxy) is 1. The van der Waals surface area contributed by atoms with Crippen LogP contribution in [0.2, 0.25) is 0 Å². The van der Waals surface area contributed by atoms with Gasteiger partial charge in [0.1, 0.15) is 24.5 Å². The third-order valence-corrected chi connectivity index (χ3v) is 2.76. The number of hydrogen-bond acceptors (Lipinski definition) is 5. The fourth-order valence-electron chi connectivity index (χ4n) is 1.57. The summed E-state index contributed by atoms with van der Waals surface area (Å²) in [5.74, 6) is 0. The maximum Gasteiger partial charge on any atom is 0.139 e. The van der Waals surface area contributed by atoms with Gasteiger partial charge in [0.15, 0.2) is 0 Å². The smallest absolute Gasteiger partial charge is 0.139 e. The van der Waals surface area contributed by atoms with Gasteiger partial charge in [-0.1, -0.05) is 6.92 Å². The molecule has 1 aliphatic rings. The molecule has 1 heterocycles. The van der Waals surface area contributed by atoms with Gasteiger partial charge in [0, 0.05) is 0 Å². The fraction of sp³-hybridized carbons (Fsp3) is 1.00. The molecule has 0 radical (unpaired) electrons. The quantitative estimate of drug-likeness (QED) is 0.526. The van der Waals surface area contributed by atoms with Gasteiger partial charge in [0.25, 0.3) is 0 Å². The lowest BCUT2D eigenvalue weighted by Crippen LogP contribution is -2.61. The second kappa shape index (κ2) is 4.55. The maximum absolute atomic E-state index is 9.65. The molecule has 0 spiro atoms. The summed E-state index contributed by atoms with van der Waals surface area (Å²) in [7, 11) is 1.80. The summed E-state index contributed by atoms with van der Waals surface area (Å²) in [6.45, 7) is 4.31. The Morgan fingerprint density at radius 1 is 1.14 bits per heavy atom. The Labute approximate surface area is 83.9 Å². The average Bonchev–Trinajstić information content (AvgIpc) is 2.19. The molecule has 3 N–H and O–H groups in total. The van der Waals surface area contributed by atoms with Crippen LogP contribution in [-0.4, -0.2) is 64.5 Å². The third kappa shape index (κ3) is 2.07. The van der Waals surface area contributed by atoms with Crippen molar-refractivity contribution in [2.75, 3.05) is 13.6 Å². The summed E-state index contributed by atoms with van der Waals surface area (Å²) < 4.78 is 5.40. The zero-order valence-electron chi connectivity index (χ0n) is 8.79. The molecule has 1 rings (SSSR count). The van der Waals surface area contributed by atoms with E-state index in [4.69, 9.17) is 4.74 Å². The van der Waals surface area contributed by atoms with Crippen molar-refractivity contribution in [2.45, 2.75) is 44.5 Å². The van der Waals surface area contributed by atoms with Crippen LogP contribution in [0.1, 0.15) is 13.8 Å². The molecule has 1 aliphatic heterocycles. The van der Waals surface area contributed by atoms with Gasteiger partial charge in [-0.2, -0.15) is 0 Å². The first-order valence-electron chi connectivity index (χ1n) is 4.89. The van der Waals surface area contributed by atoms with E-state index in [-0.39, 0.29) is 0 Å². The van der Waals surface area contributed by atoms with Crippen LogP contribution >= 0.6 is 0 Å². The lowest BCUT2D eigenvalue weighted by Gasteiger charge is -2.42. The van der Waals surface area contributed by atoms with E-state index in [2.05, 4.69) is 0 Å².